The number of nitrogens with two attached hydrogens (primary N) is 1. The molecular formula is C34H46FN7O9S. The van der Waals surface area contributed by atoms with Crippen molar-refractivity contribution in [3.8, 4) is 0 Å². The van der Waals surface area contributed by atoms with Crippen LogP contribution < -0.4 is 16.4 Å². The Labute approximate surface area is 300 Å². The molecule has 0 radical (unpaired) electrons. The SMILES string of the molecule is CC(C)(O)c1cnnn1C1CC(C(=O)NC2(C(=O)C(N)=O)CCOCC2)N(C(=O)[C@@H](CC2CCCCC2)NC(=O)c2ccc(S(C)(=O)=O)c(F)c2)C1. The molecule has 3 atom stereocenters. The minimum atomic E-state index is -3.91. The Morgan fingerprint density at radius 1 is 1.13 bits per heavy atom. The fraction of sp³-hybridized carbons (Fsp3) is 0.618. The normalized spacial score (nSPS) is 21.7. The molecule has 3 fully saturated rings. The van der Waals surface area contributed by atoms with E-state index in [1.165, 1.54) is 29.6 Å². The maximum Gasteiger partial charge on any atom is 0.287 e. The number of halogens is 1. The topological polar surface area (TPSA) is 233 Å². The van der Waals surface area contributed by atoms with E-state index in [4.69, 9.17) is 10.5 Å². The molecule has 1 aromatic carbocycles. The van der Waals surface area contributed by atoms with E-state index in [1.807, 2.05) is 0 Å². The minimum Gasteiger partial charge on any atom is -0.384 e. The molecular weight excluding hydrogens is 701 g/mol. The van der Waals surface area contributed by atoms with Crippen LogP contribution in [0.3, 0.4) is 0 Å². The van der Waals surface area contributed by atoms with Crippen LogP contribution >= 0.6 is 0 Å². The highest BCUT2D eigenvalue weighted by atomic mass is 32.2. The van der Waals surface area contributed by atoms with Crippen molar-refractivity contribution in [2.45, 2.75) is 106 Å². The summed E-state index contributed by atoms with van der Waals surface area (Å²) in [6.45, 7) is 3.12. The fourth-order valence-corrected chi connectivity index (χ4v) is 8.21. The molecule has 18 heteroatoms. The Kier molecular flexibility index (Phi) is 11.5. The number of benzene rings is 1. The van der Waals surface area contributed by atoms with E-state index in [2.05, 4.69) is 20.9 Å². The second-order valence-electron chi connectivity index (χ2n) is 14.6. The summed E-state index contributed by atoms with van der Waals surface area (Å²) in [4.78, 5) is 68.4. The van der Waals surface area contributed by atoms with E-state index < -0.39 is 79.2 Å². The first-order chi connectivity index (χ1) is 24.4. The van der Waals surface area contributed by atoms with Gasteiger partial charge in [-0.05, 0) is 44.4 Å². The molecule has 4 amide bonds. The molecule has 5 N–H and O–H groups in total. The number of sulfone groups is 1. The molecule has 1 aromatic heterocycles. The van der Waals surface area contributed by atoms with Crippen LogP contribution in [-0.2, 0) is 39.4 Å². The van der Waals surface area contributed by atoms with Gasteiger partial charge in [-0.2, -0.15) is 0 Å². The Morgan fingerprint density at radius 2 is 1.81 bits per heavy atom. The number of ether oxygens (including phenoxy) is 1. The van der Waals surface area contributed by atoms with Gasteiger partial charge in [-0.1, -0.05) is 37.3 Å². The molecule has 2 unspecified atom stereocenters. The van der Waals surface area contributed by atoms with Gasteiger partial charge in [0.1, 0.15) is 33.9 Å². The zero-order chi connectivity index (χ0) is 38.0. The lowest BCUT2D eigenvalue weighted by Gasteiger charge is -2.37. The van der Waals surface area contributed by atoms with Gasteiger partial charge in [0.05, 0.1) is 17.9 Å². The summed E-state index contributed by atoms with van der Waals surface area (Å²) in [6, 6.07) is -0.150. The number of carbonyl (C=O) groups excluding carboxylic acids is 5. The lowest BCUT2D eigenvalue weighted by Crippen LogP contribution is -2.64. The Balaban J connectivity index is 1.50. The number of nitrogens with one attached hydrogen (secondary N) is 2. The third-order valence-electron chi connectivity index (χ3n) is 10.3. The van der Waals surface area contributed by atoms with Gasteiger partial charge in [-0.25, -0.2) is 17.5 Å². The molecule has 3 heterocycles. The summed E-state index contributed by atoms with van der Waals surface area (Å²) in [5, 5.41) is 24.4. The largest absolute Gasteiger partial charge is 0.384 e. The van der Waals surface area contributed by atoms with E-state index in [9.17, 15) is 41.9 Å². The first-order valence-electron chi connectivity index (χ1n) is 17.4. The van der Waals surface area contributed by atoms with Gasteiger partial charge in [0.25, 0.3) is 11.8 Å². The van der Waals surface area contributed by atoms with Gasteiger partial charge in [-0.3, -0.25) is 24.0 Å². The smallest absolute Gasteiger partial charge is 0.287 e. The van der Waals surface area contributed by atoms with Crippen molar-refractivity contribution in [2.75, 3.05) is 26.0 Å². The van der Waals surface area contributed by atoms with Crippen LogP contribution in [0, 0.1) is 11.7 Å². The van der Waals surface area contributed by atoms with E-state index in [0.29, 0.717) is 5.69 Å². The molecule has 52 heavy (non-hydrogen) atoms. The van der Waals surface area contributed by atoms with Crippen LogP contribution in [0.1, 0.15) is 93.7 Å². The van der Waals surface area contributed by atoms with E-state index in [0.717, 1.165) is 56.6 Å². The van der Waals surface area contributed by atoms with Crippen molar-refractivity contribution in [3.05, 3.63) is 41.5 Å². The molecule has 284 valence electrons. The van der Waals surface area contributed by atoms with E-state index in [-0.39, 0.29) is 56.9 Å². The van der Waals surface area contributed by atoms with Gasteiger partial charge < -0.3 is 31.1 Å². The number of hydrogen-bond acceptors (Lipinski definition) is 11. The number of nitrogens with zero attached hydrogens (tertiary/aromatic N) is 4. The standard InChI is InChI=1S/C34H46FN7O9S/c1-33(2,48)27-18-37-40-42(27)22-17-25(31(46)39-34(28(43)29(36)44)11-13-51-14-12-34)41(19-22)32(47)24(15-20-7-5-4-6-8-20)38-30(45)21-9-10-26(23(35)16-21)52(3,49)50/h9-10,16,18,20,22,24-25,48H,4-8,11-15,17,19H2,1-3H3,(H2,36,44)(H,38,45)(H,39,46)/t22?,24-,25?/m1/s1. The number of hydrogen-bond donors (Lipinski definition) is 4. The van der Waals surface area contributed by atoms with Crippen molar-refractivity contribution in [3.63, 3.8) is 0 Å². The lowest BCUT2D eigenvalue weighted by atomic mass is 9.84. The summed E-state index contributed by atoms with van der Waals surface area (Å²) in [6.07, 6.45) is 6.86. The van der Waals surface area contributed by atoms with E-state index >= 15 is 0 Å². The molecule has 3 aliphatic rings. The Morgan fingerprint density at radius 3 is 2.40 bits per heavy atom. The summed E-state index contributed by atoms with van der Waals surface area (Å²) >= 11 is 0. The average molecular weight is 748 g/mol. The number of likely N-dealkylation sites (tertiary alicyclic amines) is 1. The maximum atomic E-state index is 14.8. The highest BCUT2D eigenvalue weighted by molar-refractivity contribution is 7.90. The number of rotatable bonds is 12. The minimum absolute atomic E-state index is 0.0222. The third-order valence-corrected chi connectivity index (χ3v) is 11.4. The molecule has 1 saturated carbocycles. The van der Waals surface area contributed by atoms with Gasteiger partial charge in [0, 0.05) is 50.8 Å². The molecule has 5 rings (SSSR count). The van der Waals surface area contributed by atoms with Crippen molar-refractivity contribution >= 4 is 39.2 Å². The van der Waals surface area contributed by atoms with Crippen LogP contribution in [0.5, 0.6) is 0 Å². The molecule has 1 aliphatic carbocycles. The summed E-state index contributed by atoms with van der Waals surface area (Å²) in [5.41, 5.74) is 2.45. The van der Waals surface area contributed by atoms with Crippen molar-refractivity contribution in [1.82, 2.24) is 30.5 Å². The summed E-state index contributed by atoms with van der Waals surface area (Å²) < 4.78 is 45.6. The number of aromatic nitrogens is 3. The monoisotopic (exact) mass is 747 g/mol. The van der Waals surface area contributed by atoms with Crippen LogP contribution in [-0.4, -0.2) is 106 Å². The molecule has 16 nitrogen and oxygen atoms in total. The van der Waals surface area contributed by atoms with Crippen molar-refractivity contribution < 1.29 is 46.6 Å². The number of ketones is 1. The van der Waals surface area contributed by atoms with Gasteiger partial charge in [0.2, 0.25) is 17.6 Å². The first-order valence-corrected chi connectivity index (χ1v) is 19.3. The molecule has 2 aromatic rings. The van der Waals surface area contributed by atoms with Gasteiger partial charge in [0.15, 0.2) is 9.84 Å². The molecule has 0 bridgehead atoms. The Hall–Kier alpha value is -4.29. The fourth-order valence-electron chi connectivity index (χ4n) is 7.48. The van der Waals surface area contributed by atoms with Crippen LogP contribution in [0.2, 0.25) is 0 Å². The van der Waals surface area contributed by atoms with Crippen molar-refractivity contribution in [1.29, 1.82) is 0 Å². The number of aliphatic hydroxyl groups is 1. The zero-order valence-corrected chi connectivity index (χ0v) is 30.3. The third kappa shape index (κ3) is 8.50. The van der Waals surface area contributed by atoms with Gasteiger partial charge >= 0.3 is 0 Å². The summed E-state index contributed by atoms with van der Waals surface area (Å²) in [7, 11) is -3.91. The van der Waals surface area contributed by atoms with E-state index in [1.54, 1.807) is 0 Å². The number of primary amides is 1. The molecule has 2 saturated heterocycles. The predicted octanol–water partition coefficient (Wildman–Crippen LogP) is 0.679. The molecule has 2 aliphatic heterocycles. The van der Waals surface area contributed by atoms with Crippen molar-refractivity contribution in [2.24, 2.45) is 11.7 Å². The maximum absolute atomic E-state index is 14.8. The van der Waals surface area contributed by atoms with Crippen LogP contribution in [0.15, 0.2) is 29.3 Å². The quantitative estimate of drug-likeness (QED) is 0.221. The highest BCUT2D eigenvalue weighted by Gasteiger charge is 2.49. The summed E-state index contributed by atoms with van der Waals surface area (Å²) in [5.74, 6) is -5.47. The Bertz CT molecular complexity index is 1810. The zero-order valence-electron chi connectivity index (χ0n) is 29.5. The van der Waals surface area contributed by atoms with Crippen LogP contribution in [0.4, 0.5) is 4.39 Å². The average Bonchev–Trinajstić information content (AvgIpc) is 3.76. The number of Topliss-reactive ketones (excluding diaryl/α,β-unsaturated/α-hetero) is 1. The molecule has 0 spiro atoms. The first kappa shape index (κ1) is 38.9. The highest BCUT2D eigenvalue weighted by Crippen LogP contribution is 2.34. The lowest BCUT2D eigenvalue weighted by molar-refractivity contribution is -0.147. The number of amides is 4. The second kappa shape index (κ2) is 15.4. The van der Waals surface area contributed by atoms with Crippen LogP contribution in [0.25, 0.3) is 0 Å². The number of carbonyl (C=O) groups is 5. The second-order valence-corrected chi connectivity index (χ2v) is 16.6. The predicted molar refractivity (Wildman–Crippen MR) is 182 cm³/mol. The van der Waals surface area contributed by atoms with Gasteiger partial charge in [-0.15, -0.1) is 5.10 Å².